The second-order valence-corrected chi connectivity index (χ2v) is 6.69. The number of carbonyl (C=O) groups is 4. The van der Waals surface area contributed by atoms with Gasteiger partial charge in [0, 0.05) is 38.9 Å². The van der Waals surface area contributed by atoms with Gasteiger partial charge in [-0.25, -0.2) is 10.1 Å². The van der Waals surface area contributed by atoms with Crippen molar-refractivity contribution in [2.24, 2.45) is 5.73 Å². The molecule has 0 bridgehead atoms. The monoisotopic (exact) mass is 418 g/mol. The van der Waals surface area contributed by atoms with Crippen LogP contribution in [0.25, 0.3) is 0 Å². The third-order valence-corrected chi connectivity index (χ3v) is 4.14. The highest BCUT2D eigenvalue weighted by Crippen LogP contribution is 2.03. The number of hydrogen-bond donors (Lipinski definition) is 5. The summed E-state index contributed by atoms with van der Waals surface area (Å²) in [7, 11) is 0. The largest absolute Gasteiger partial charge is 0.481 e. The second kappa shape index (κ2) is 16.7. The zero-order chi connectivity index (χ0) is 22.1. The number of rotatable bonds is 17. The van der Waals surface area contributed by atoms with Crippen LogP contribution in [0.15, 0.2) is 0 Å². The van der Waals surface area contributed by atoms with Crippen LogP contribution in [0.4, 0.5) is 0 Å². The number of aliphatic carboxylic acids is 1. The number of nitrogens with one attached hydrogen (secondary N) is 1. The highest BCUT2D eigenvalue weighted by Gasteiger charge is 2.14. The molecule has 0 saturated heterocycles. The van der Waals surface area contributed by atoms with Crippen LogP contribution in [-0.4, -0.2) is 75.5 Å². The average molecular weight is 418 g/mol. The summed E-state index contributed by atoms with van der Waals surface area (Å²) >= 11 is 0. The van der Waals surface area contributed by atoms with Crippen molar-refractivity contribution >= 4 is 23.7 Å². The molecule has 0 aliphatic rings. The van der Waals surface area contributed by atoms with Gasteiger partial charge in [-0.1, -0.05) is 6.42 Å². The fraction of sp³-hybridized carbons (Fsp3) is 0.778. The molecule has 0 saturated carbocycles. The lowest BCUT2D eigenvalue weighted by atomic mass is 10.2. The van der Waals surface area contributed by atoms with Gasteiger partial charge in [0.25, 0.3) is 0 Å². The van der Waals surface area contributed by atoms with E-state index in [-0.39, 0.29) is 44.7 Å². The summed E-state index contributed by atoms with van der Waals surface area (Å²) in [6.07, 6.45) is 3.40. The normalized spacial score (nSPS) is 10.4. The van der Waals surface area contributed by atoms with Crippen molar-refractivity contribution in [1.82, 2.24) is 15.4 Å². The fourth-order valence-electron chi connectivity index (χ4n) is 2.40. The topological polar surface area (TPSA) is 173 Å². The number of nitrogens with two attached hydrogens (primary N) is 1. The van der Waals surface area contributed by atoms with Crippen molar-refractivity contribution < 1.29 is 34.7 Å². The van der Waals surface area contributed by atoms with E-state index in [2.05, 4.69) is 5.32 Å². The Morgan fingerprint density at radius 3 is 1.76 bits per heavy atom. The molecule has 0 unspecified atom stereocenters. The SMILES string of the molecule is NCCCCCNC(=O)CCC(=O)N(O)CCCCCN(O)C(=O)CCC(=O)O. The fourth-order valence-corrected chi connectivity index (χ4v) is 2.40. The molecule has 0 fully saturated rings. The number of nitrogens with zero attached hydrogens (tertiary/aromatic N) is 2. The highest BCUT2D eigenvalue weighted by molar-refractivity contribution is 5.83. The van der Waals surface area contributed by atoms with E-state index in [0.29, 0.717) is 42.5 Å². The van der Waals surface area contributed by atoms with Crippen molar-refractivity contribution in [3.8, 4) is 0 Å². The Morgan fingerprint density at radius 1 is 0.724 bits per heavy atom. The molecule has 11 heteroatoms. The number of carboxylic acids is 1. The van der Waals surface area contributed by atoms with Crippen molar-refractivity contribution in [2.75, 3.05) is 26.2 Å². The van der Waals surface area contributed by atoms with Gasteiger partial charge in [-0.2, -0.15) is 0 Å². The van der Waals surface area contributed by atoms with Crippen LogP contribution >= 0.6 is 0 Å². The molecule has 11 nitrogen and oxygen atoms in total. The van der Waals surface area contributed by atoms with Crippen LogP contribution in [-0.2, 0) is 19.2 Å². The first-order valence-corrected chi connectivity index (χ1v) is 9.95. The standard InChI is InChI=1S/C18H34N4O7/c19-11-3-1-4-12-20-15(23)7-8-16(24)21(28)13-5-2-6-14-22(29)17(25)9-10-18(26)27/h28-29H,1-14,19H2,(H,20,23)(H,26,27). The van der Waals surface area contributed by atoms with Gasteiger partial charge in [-0.05, 0) is 38.6 Å². The molecule has 6 N–H and O–H groups in total. The van der Waals surface area contributed by atoms with Crippen LogP contribution < -0.4 is 11.1 Å². The number of carbonyl (C=O) groups excluding carboxylic acids is 3. The minimum Gasteiger partial charge on any atom is -0.481 e. The van der Waals surface area contributed by atoms with Crippen LogP contribution in [0.1, 0.15) is 64.2 Å². The Kier molecular flexibility index (Phi) is 15.4. The van der Waals surface area contributed by atoms with E-state index in [1.54, 1.807) is 0 Å². The van der Waals surface area contributed by atoms with E-state index < -0.39 is 17.8 Å². The number of hydrogen-bond acceptors (Lipinski definition) is 7. The minimum absolute atomic E-state index is 0.00467. The number of carboxylic acid groups (broad SMARTS) is 1. The summed E-state index contributed by atoms with van der Waals surface area (Å²) in [5.41, 5.74) is 5.38. The summed E-state index contributed by atoms with van der Waals surface area (Å²) in [6.45, 7) is 1.29. The maximum absolute atomic E-state index is 11.8. The predicted molar refractivity (Wildman–Crippen MR) is 103 cm³/mol. The van der Waals surface area contributed by atoms with Crippen LogP contribution in [0.2, 0.25) is 0 Å². The maximum Gasteiger partial charge on any atom is 0.303 e. The van der Waals surface area contributed by atoms with Gasteiger partial charge in [0.05, 0.1) is 6.42 Å². The molecule has 0 atom stereocenters. The molecule has 29 heavy (non-hydrogen) atoms. The van der Waals surface area contributed by atoms with Crippen LogP contribution in [0.5, 0.6) is 0 Å². The van der Waals surface area contributed by atoms with Gasteiger partial charge < -0.3 is 16.2 Å². The summed E-state index contributed by atoms with van der Waals surface area (Å²) in [6, 6.07) is 0. The molecule has 168 valence electrons. The van der Waals surface area contributed by atoms with Gasteiger partial charge >= 0.3 is 5.97 Å². The molecular formula is C18H34N4O7. The van der Waals surface area contributed by atoms with Crippen molar-refractivity contribution in [2.45, 2.75) is 64.2 Å². The van der Waals surface area contributed by atoms with E-state index >= 15 is 0 Å². The summed E-state index contributed by atoms with van der Waals surface area (Å²) in [5, 5.41) is 31.4. The molecule has 3 amide bonds. The minimum atomic E-state index is -1.11. The average Bonchev–Trinajstić information content (AvgIpc) is 2.69. The van der Waals surface area contributed by atoms with E-state index in [1.165, 1.54) is 0 Å². The Morgan fingerprint density at radius 2 is 1.24 bits per heavy atom. The second-order valence-electron chi connectivity index (χ2n) is 6.69. The molecule has 0 aromatic rings. The quantitative estimate of drug-likeness (QED) is 0.129. The first-order chi connectivity index (χ1) is 13.8. The number of hydroxylamine groups is 4. The zero-order valence-corrected chi connectivity index (χ0v) is 16.8. The lowest BCUT2D eigenvalue weighted by Gasteiger charge is -2.16. The van der Waals surface area contributed by atoms with Crippen LogP contribution in [0.3, 0.4) is 0 Å². The molecule has 0 heterocycles. The smallest absolute Gasteiger partial charge is 0.303 e. The molecule has 0 aromatic carbocycles. The van der Waals surface area contributed by atoms with Gasteiger partial charge in [0.15, 0.2) is 0 Å². The molecule has 0 aliphatic heterocycles. The summed E-state index contributed by atoms with van der Waals surface area (Å²) in [4.78, 5) is 45.2. The van der Waals surface area contributed by atoms with Gasteiger partial charge in [-0.15, -0.1) is 0 Å². The zero-order valence-electron chi connectivity index (χ0n) is 16.8. The molecule has 0 aliphatic carbocycles. The summed E-state index contributed by atoms with van der Waals surface area (Å²) < 4.78 is 0. The summed E-state index contributed by atoms with van der Waals surface area (Å²) in [5.74, 6) is -2.56. The first kappa shape index (κ1) is 26.8. The van der Waals surface area contributed by atoms with Gasteiger partial charge in [0.1, 0.15) is 0 Å². The van der Waals surface area contributed by atoms with Crippen LogP contribution in [0, 0.1) is 0 Å². The van der Waals surface area contributed by atoms with Crippen molar-refractivity contribution in [3.05, 3.63) is 0 Å². The van der Waals surface area contributed by atoms with E-state index in [9.17, 15) is 29.6 Å². The molecule has 0 radical (unpaired) electrons. The highest BCUT2D eigenvalue weighted by atomic mass is 16.5. The molecule has 0 aromatic heterocycles. The first-order valence-electron chi connectivity index (χ1n) is 9.95. The van der Waals surface area contributed by atoms with Gasteiger partial charge in [-0.3, -0.25) is 29.6 Å². The Balaban J connectivity index is 3.76. The van der Waals surface area contributed by atoms with E-state index in [1.807, 2.05) is 0 Å². The lowest BCUT2D eigenvalue weighted by Crippen LogP contribution is -2.31. The van der Waals surface area contributed by atoms with E-state index in [4.69, 9.17) is 10.8 Å². The molecular weight excluding hydrogens is 384 g/mol. The lowest BCUT2D eigenvalue weighted by molar-refractivity contribution is -0.167. The third kappa shape index (κ3) is 15.4. The van der Waals surface area contributed by atoms with Crippen molar-refractivity contribution in [1.29, 1.82) is 0 Å². The maximum atomic E-state index is 11.8. The Bertz CT molecular complexity index is 516. The number of unbranched alkanes of at least 4 members (excludes halogenated alkanes) is 4. The third-order valence-electron chi connectivity index (χ3n) is 4.14. The van der Waals surface area contributed by atoms with Gasteiger partial charge in [0.2, 0.25) is 17.7 Å². The van der Waals surface area contributed by atoms with E-state index in [0.717, 1.165) is 19.3 Å². The Labute approximate surface area is 170 Å². The molecule has 0 rings (SSSR count). The van der Waals surface area contributed by atoms with Crippen molar-refractivity contribution in [3.63, 3.8) is 0 Å². The number of amides is 3. The molecule has 0 spiro atoms. The predicted octanol–water partition coefficient (Wildman–Crippen LogP) is 0.483. The Hall–Kier alpha value is -2.24.